The summed E-state index contributed by atoms with van der Waals surface area (Å²) < 4.78 is 1.91. The number of piperidine rings is 1. The van der Waals surface area contributed by atoms with Crippen molar-refractivity contribution in [2.75, 3.05) is 13.1 Å². The van der Waals surface area contributed by atoms with Crippen LogP contribution in [0.4, 0.5) is 0 Å². The predicted octanol–water partition coefficient (Wildman–Crippen LogP) is 4.97. The van der Waals surface area contributed by atoms with Gasteiger partial charge in [0, 0.05) is 17.6 Å². The molecule has 2 aromatic heterocycles. The quantitative estimate of drug-likeness (QED) is 0.592. The number of nitrogens with zero attached hydrogens (tertiary/aromatic N) is 5. The Morgan fingerprint density at radius 2 is 1.85 bits per heavy atom. The maximum absolute atomic E-state index is 13.5. The van der Waals surface area contributed by atoms with Gasteiger partial charge in [0.25, 0.3) is 5.56 Å². The zero-order valence-corrected chi connectivity index (χ0v) is 21.1. The molecule has 1 N–H and O–H groups in total. The number of likely N-dealkylation sites (tertiary alicyclic amines) is 1. The van der Waals surface area contributed by atoms with Crippen LogP contribution < -0.4 is 5.56 Å². The van der Waals surface area contributed by atoms with Gasteiger partial charge in [-0.25, -0.2) is 4.68 Å². The van der Waals surface area contributed by atoms with Gasteiger partial charge in [-0.1, -0.05) is 32.3 Å². The molecule has 34 heavy (non-hydrogen) atoms. The number of aromatic amines is 1. The van der Waals surface area contributed by atoms with E-state index in [2.05, 4.69) is 71.3 Å². The van der Waals surface area contributed by atoms with Crippen molar-refractivity contribution in [2.45, 2.75) is 90.6 Å². The number of H-pyrrole nitrogens is 1. The smallest absolute Gasteiger partial charge is 0.253 e. The third kappa shape index (κ3) is 4.30. The zero-order valence-electron chi connectivity index (χ0n) is 21.1. The number of benzene rings is 1. The highest BCUT2D eigenvalue weighted by atomic mass is 16.1. The Labute approximate surface area is 201 Å². The number of aryl methyl sites for hydroxylation is 1. The largest absolute Gasteiger partial charge is 0.322 e. The Kier molecular flexibility index (Phi) is 6.09. The van der Waals surface area contributed by atoms with Crippen molar-refractivity contribution in [3.63, 3.8) is 0 Å². The molecular formula is C27H38N6O. The first-order valence-corrected chi connectivity index (χ1v) is 13.0. The number of rotatable bonds is 4. The van der Waals surface area contributed by atoms with E-state index in [1.807, 2.05) is 10.7 Å². The zero-order chi connectivity index (χ0) is 23.9. The van der Waals surface area contributed by atoms with Crippen molar-refractivity contribution in [2.24, 2.45) is 5.41 Å². The van der Waals surface area contributed by atoms with E-state index in [9.17, 15) is 4.79 Å². The molecule has 182 valence electrons. The van der Waals surface area contributed by atoms with E-state index in [-0.39, 0.29) is 17.1 Å². The normalized spacial score (nSPS) is 20.1. The summed E-state index contributed by atoms with van der Waals surface area (Å²) >= 11 is 0. The van der Waals surface area contributed by atoms with Gasteiger partial charge < -0.3 is 4.98 Å². The minimum absolute atomic E-state index is 0.0477. The van der Waals surface area contributed by atoms with Crippen molar-refractivity contribution in [3.05, 3.63) is 51.6 Å². The highest BCUT2D eigenvalue weighted by Gasteiger charge is 2.41. The summed E-state index contributed by atoms with van der Waals surface area (Å²) in [6.07, 6.45) is 9.95. The van der Waals surface area contributed by atoms with Gasteiger partial charge in [0.1, 0.15) is 6.04 Å². The Morgan fingerprint density at radius 1 is 1.09 bits per heavy atom. The van der Waals surface area contributed by atoms with Gasteiger partial charge in [0.05, 0.1) is 5.54 Å². The van der Waals surface area contributed by atoms with Crippen LogP contribution in [0.1, 0.15) is 95.6 Å². The van der Waals surface area contributed by atoms with E-state index in [4.69, 9.17) is 0 Å². The third-order valence-corrected chi connectivity index (χ3v) is 7.98. The Hall–Kier alpha value is -2.54. The maximum atomic E-state index is 13.5. The topological polar surface area (TPSA) is 79.7 Å². The average molecular weight is 463 g/mol. The van der Waals surface area contributed by atoms with Gasteiger partial charge in [-0.3, -0.25) is 9.69 Å². The van der Waals surface area contributed by atoms with Gasteiger partial charge in [-0.15, -0.1) is 5.10 Å². The molecule has 7 heteroatoms. The van der Waals surface area contributed by atoms with Gasteiger partial charge in [-0.05, 0) is 104 Å². The molecule has 1 aliphatic carbocycles. The number of tetrazole rings is 1. The van der Waals surface area contributed by atoms with Crippen LogP contribution >= 0.6 is 0 Å². The van der Waals surface area contributed by atoms with Crippen LogP contribution in [0.5, 0.6) is 0 Å². The fraction of sp³-hybridized carbons (Fsp3) is 0.630. The molecule has 0 radical (unpaired) electrons. The highest BCUT2D eigenvalue weighted by molar-refractivity contribution is 5.80. The number of hydrogen-bond acceptors (Lipinski definition) is 5. The summed E-state index contributed by atoms with van der Waals surface area (Å²) in [6.45, 7) is 10.4. The second kappa shape index (κ2) is 8.91. The van der Waals surface area contributed by atoms with Gasteiger partial charge in [-0.2, -0.15) is 0 Å². The van der Waals surface area contributed by atoms with Crippen molar-refractivity contribution in [1.82, 2.24) is 30.1 Å². The summed E-state index contributed by atoms with van der Waals surface area (Å²) in [5.74, 6) is 0.761. The second-order valence-electron chi connectivity index (χ2n) is 11.5. The first kappa shape index (κ1) is 23.2. The van der Waals surface area contributed by atoms with Crippen LogP contribution in [0, 0.1) is 5.41 Å². The molecule has 3 heterocycles. The summed E-state index contributed by atoms with van der Waals surface area (Å²) in [7, 11) is 0. The third-order valence-electron chi connectivity index (χ3n) is 7.98. The lowest BCUT2D eigenvalue weighted by atomic mass is 9.69. The van der Waals surface area contributed by atoms with E-state index in [1.165, 1.54) is 44.1 Å². The number of nitrogens with one attached hydrogen (secondary N) is 1. The van der Waals surface area contributed by atoms with Crippen LogP contribution in [0.25, 0.3) is 10.9 Å². The molecule has 2 aliphatic rings. The van der Waals surface area contributed by atoms with Crippen LogP contribution in [0.3, 0.4) is 0 Å². The lowest BCUT2D eigenvalue weighted by molar-refractivity contribution is 0.0329. The van der Waals surface area contributed by atoms with Crippen LogP contribution in [0.2, 0.25) is 0 Å². The minimum atomic E-state index is -0.283. The van der Waals surface area contributed by atoms with E-state index in [0.717, 1.165) is 48.2 Å². The van der Waals surface area contributed by atoms with E-state index in [0.29, 0.717) is 5.41 Å². The highest BCUT2D eigenvalue weighted by Crippen LogP contribution is 2.45. The molecule has 3 aromatic rings. The fourth-order valence-electron chi connectivity index (χ4n) is 6.21. The van der Waals surface area contributed by atoms with Crippen LogP contribution in [0.15, 0.2) is 29.1 Å². The molecule has 1 spiro atoms. The maximum Gasteiger partial charge on any atom is 0.253 e. The number of hydrogen-bond donors (Lipinski definition) is 1. The monoisotopic (exact) mass is 462 g/mol. The molecule has 5 rings (SSSR count). The predicted molar refractivity (Wildman–Crippen MR) is 135 cm³/mol. The molecule has 7 nitrogen and oxygen atoms in total. The molecule has 0 bridgehead atoms. The van der Waals surface area contributed by atoms with E-state index < -0.39 is 0 Å². The molecule has 1 atom stereocenters. The first-order valence-electron chi connectivity index (χ1n) is 13.0. The van der Waals surface area contributed by atoms with Gasteiger partial charge >= 0.3 is 0 Å². The van der Waals surface area contributed by atoms with Gasteiger partial charge in [0.2, 0.25) is 0 Å². The number of aromatic nitrogens is 5. The van der Waals surface area contributed by atoms with E-state index in [1.54, 1.807) is 0 Å². The summed E-state index contributed by atoms with van der Waals surface area (Å²) in [5, 5.41) is 14.0. The summed E-state index contributed by atoms with van der Waals surface area (Å²) in [4.78, 5) is 19.2. The molecule has 1 unspecified atom stereocenters. The molecule has 0 amide bonds. The Morgan fingerprint density at radius 3 is 2.59 bits per heavy atom. The van der Waals surface area contributed by atoms with Crippen LogP contribution in [-0.4, -0.2) is 43.2 Å². The molecule has 2 fully saturated rings. The molecule has 1 aromatic carbocycles. The molecule has 1 saturated heterocycles. The van der Waals surface area contributed by atoms with Crippen molar-refractivity contribution in [1.29, 1.82) is 0 Å². The molecular weight excluding hydrogens is 424 g/mol. The van der Waals surface area contributed by atoms with Crippen LogP contribution in [-0.2, 0) is 12.0 Å². The summed E-state index contributed by atoms with van der Waals surface area (Å²) in [5.41, 5.74) is 2.91. The Balaban J connectivity index is 1.65. The SMILES string of the molecule is CCc1ccc2[nH]c(=O)c(C(c3nnnn3C(C)(C)C)N3CCCC4(CCCCC4)C3)cc2c1. The fourth-order valence-corrected chi connectivity index (χ4v) is 6.21. The van der Waals surface area contributed by atoms with Crippen molar-refractivity contribution in [3.8, 4) is 0 Å². The number of pyridine rings is 1. The first-order chi connectivity index (χ1) is 16.3. The van der Waals surface area contributed by atoms with E-state index >= 15 is 0 Å². The summed E-state index contributed by atoms with van der Waals surface area (Å²) in [6, 6.07) is 8.12. The van der Waals surface area contributed by atoms with Gasteiger partial charge in [0.15, 0.2) is 5.82 Å². The standard InChI is InChI=1S/C27H38N6O/c1-5-19-10-11-22-20(16-19)17-21(25(34)28-22)23(24-29-30-31-33(24)26(2,3)4)32-15-9-14-27(18-32)12-7-6-8-13-27/h10-11,16-17,23H,5-9,12-15,18H2,1-4H3,(H,28,34). The molecule has 1 saturated carbocycles. The lowest BCUT2D eigenvalue weighted by Gasteiger charge is -2.47. The Bertz CT molecular complexity index is 1210. The lowest BCUT2D eigenvalue weighted by Crippen LogP contribution is -2.48. The number of fused-ring (bicyclic) bond motifs is 1. The average Bonchev–Trinajstić information content (AvgIpc) is 3.30. The minimum Gasteiger partial charge on any atom is -0.322 e. The van der Waals surface area contributed by atoms with Crippen molar-refractivity contribution >= 4 is 10.9 Å². The molecule has 1 aliphatic heterocycles. The second-order valence-corrected chi connectivity index (χ2v) is 11.5. The van der Waals surface area contributed by atoms with Crippen molar-refractivity contribution < 1.29 is 0 Å².